The fraction of sp³-hybridized carbons (Fsp3) is 0.917. The molecule has 0 heterocycles. The van der Waals surface area contributed by atoms with Crippen molar-refractivity contribution in [2.24, 2.45) is 5.73 Å². The summed E-state index contributed by atoms with van der Waals surface area (Å²) in [6.45, 7) is 8.64. The maximum atomic E-state index is 11.9. The molecule has 4 nitrogen and oxygen atoms in total. The van der Waals surface area contributed by atoms with E-state index in [1.54, 1.807) is 4.90 Å². The van der Waals surface area contributed by atoms with Crippen LogP contribution in [0.3, 0.4) is 0 Å². The molecule has 0 radical (unpaired) electrons. The van der Waals surface area contributed by atoms with Crippen molar-refractivity contribution in [2.75, 3.05) is 26.3 Å². The Labute approximate surface area is 99.1 Å². The van der Waals surface area contributed by atoms with Gasteiger partial charge in [0, 0.05) is 19.7 Å². The first-order valence-electron chi connectivity index (χ1n) is 6.29. The summed E-state index contributed by atoms with van der Waals surface area (Å²) in [5.74, 6) is 0.0515. The predicted molar refractivity (Wildman–Crippen MR) is 66.2 cm³/mol. The van der Waals surface area contributed by atoms with Gasteiger partial charge in [-0.3, -0.25) is 4.79 Å². The number of hydrogen-bond acceptors (Lipinski definition) is 3. The summed E-state index contributed by atoms with van der Waals surface area (Å²) in [6, 6.07) is -0.346. The molecule has 0 spiro atoms. The molecule has 0 aromatic heterocycles. The number of nitrogens with two attached hydrogens (primary N) is 1. The van der Waals surface area contributed by atoms with Crippen molar-refractivity contribution >= 4 is 5.91 Å². The Morgan fingerprint density at radius 3 is 2.56 bits per heavy atom. The monoisotopic (exact) mass is 230 g/mol. The van der Waals surface area contributed by atoms with Crippen LogP contribution in [-0.2, 0) is 9.53 Å². The molecule has 0 bridgehead atoms. The van der Waals surface area contributed by atoms with Crippen LogP contribution in [0.5, 0.6) is 0 Å². The van der Waals surface area contributed by atoms with Crippen LogP contribution >= 0.6 is 0 Å². The third-order valence-corrected chi connectivity index (χ3v) is 2.59. The second kappa shape index (κ2) is 9.60. The molecule has 1 amide bonds. The van der Waals surface area contributed by atoms with Gasteiger partial charge in [0.15, 0.2) is 0 Å². The fourth-order valence-corrected chi connectivity index (χ4v) is 1.53. The molecule has 16 heavy (non-hydrogen) atoms. The highest BCUT2D eigenvalue weighted by molar-refractivity contribution is 5.81. The molecule has 0 rings (SSSR count). The lowest BCUT2D eigenvalue weighted by Crippen LogP contribution is -2.45. The number of rotatable bonds is 9. The van der Waals surface area contributed by atoms with Gasteiger partial charge in [-0.25, -0.2) is 0 Å². The van der Waals surface area contributed by atoms with E-state index < -0.39 is 0 Å². The summed E-state index contributed by atoms with van der Waals surface area (Å²) >= 11 is 0. The fourth-order valence-electron chi connectivity index (χ4n) is 1.53. The summed E-state index contributed by atoms with van der Waals surface area (Å²) in [7, 11) is 0. The van der Waals surface area contributed by atoms with Crippen molar-refractivity contribution in [3.8, 4) is 0 Å². The Balaban J connectivity index is 3.97. The molecule has 0 aliphatic heterocycles. The molecule has 0 saturated carbocycles. The first-order chi connectivity index (χ1) is 7.67. The first-order valence-corrected chi connectivity index (χ1v) is 6.29. The minimum absolute atomic E-state index is 0.0515. The predicted octanol–water partition coefficient (Wildman–Crippen LogP) is 1.39. The molecule has 0 saturated heterocycles. The van der Waals surface area contributed by atoms with Crippen molar-refractivity contribution in [1.82, 2.24) is 4.90 Å². The van der Waals surface area contributed by atoms with E-state index in [-0.39, 0.29) is 11.9 Å². The van der Waals surface area contributed by atoms with Crippen LogP contribution in [0, 0.1) is 0 Å². The largest absolute Gasteiger partial charge is 0.380 e. The highest BCUT2D eigenvalue weighted by Crippen LogP contribution is 2.02. The molecule has 0 aromatic carbocycles. The lowest BCUT2D eigenvalue weighted by Gasteiger charge is -2.24. The highest BCUT2D eigenvalue weighted by atomic mass is 16.5. The van der Waals surface area contributed by atoms with Crippen molar-refractivity contribution in [3.05, 3.63) is 0 Å². The van der Waals surface area contributed by atoms with Gasteiger partial charge in [0.2, 0.25) is 5.91 Å². The Kier molecular flexibility index (Phi) is 9.24. The summed E-state index contributed by atoms with van der Waals surface area (Å²) in [5, 5.41) is 0. The summed E-state index contributed by atoms with van der Waals surface area (Å²) in [6.07, 6.45) is 2.86. The minimum atomic E-state index is -0.346. The van der Waals surface area contributed by atoms with Crippen molar-refractivity contribution in [1.29, 1.82) is 0 Å². The number of carbonyl (C=O) groups excluding carboxylic acids is 1. The molecule has 0 aromatic rings. The number of nitrogens with zero attached hydrogens (tertiary/aromatic N) is 1. The van der Waals surface area contributed by atoms with Gasteiger partial charge in [-0.2, -0.15) is 0 Å². The van der Waals surface area contributed by atoms with E-state index in [1.807, 2.05) is 13.8 Å². The smallest absolute Gasteiger partial charge is 0.239 e. The van der Waals surface area contributed by atoms with E-state index in [1.165, 1.54) is 0 Å². The molecule has 2 N–H and O–H groups in total. The zero-order valence-electron chi connectivity index (χ0n) is 10.9. The van der Waals surface area contributed by atoms with Gasteiger partial charge < -0.3 is 15.4 Å². The molecule has 0 aliphatic carbocycles. The Bertz CT molecular complexity index is 186. The Morgan fingerprint density at radius 2 is 2.06 bits per heavy atom. The molecular weight excluding hydrogens is 204 g/mol. The van der Waals surface area contributed by atoms with Crippen molar-refractivity contribution in [2.45, 2.75) is 46.1 Å². The number of ether oxygens (including phenoxy) is 1. The average molecular weight is 230 g/mol. The summed E-state index contributed by atoms with van der Waals surface area (Å²) in [5.41, 5.74) is 5.85. The van der Waals surface area contributed by atoms with E-state index in [0.29, 0.717) is 26.3 Å². The normalized spacial score (nSPS) is 12.5. The van der Waals surface area contributed by atoms with Crippen LogP contribution in [0.15, 0.2) is 0 Å². The van der Waals surface area contributed by atoms with Crippen LogP contribution < -0.4 is 5.73 Å². The third kappa shape index (κ3) is 6.08. The van der Waals surface area contributed by atoms with Gasteiger partial charge >= 0.3 is 0 Å². The van der Waals surface area contributed by atoms with Crippen molar-refractivity contribution in [3.63, 3.8) is 0 Å². The van der Waals surface area contributed by atoms with E-state index in [4.69, 9.17) is 10.5 Å². The molecule has 0 fully saturated rings. The topological polar surface area (TPSA) is 55.6 Å². The van der Waals surface area contributed by atoms with E-state index in [2.05, 4.69) is 6.92 Å². The zero-order chi connectivity index (χ0) is 12.4. The second-order valence-corrected chi connectivity index (χ2v) is 3.86. The van der Waals surface area contributed by atoms with Crippen LogP contribution in [0.1, 0.15) is 40.0 Å². The van der Waals surface area contributed by atoms with Crippen molar-refractivity contribution < 1.29 is 9.53 Å². The van der Waals surface area contributed by atoms with E-state index in [9.17, 15) is 4.79 Å². The Hall–Kier alpha value is -0.610. The maximum absolute atomic E-state index is 11.9. The lowest BCUT2D eigenvalue weighted by atomic mass is 10.1. The van der Waals surface area contributed by atoms with Gasteiger partial charge in [-0.05, 0) is 20.3 Å². The molecule has 1 unspecified atom stereocenters. The standard InChI is InChI=1S/C12H26N2O2/c1-4-7-8-11(13)12(15)14(5-2)9-10-16-6-3/h11H,4-10,13H2,1-3H3. The van der Waals surface area contributed by atoms with Crippen LogP contribution in [-0.4, -0.2) is 43.2 Å². The van der Waals surface area contributed by atoms with Gasteiger partial charge in [-0.15, -0.1) is 0 Å². The number of hydrogen-bond donors (Lipinski definition) is 1. The zero-order valence-corrected chi connectivity index (χ0v) is 10.9. The summed E-state index contributed by atoms with van der Waals surface area (Å²) < 4.78 is 5.24. The Morgan fingerprint density at radius 1 is 1.38 bits per heavy atom. The molecule has 4 heteroatoms. The number of unbranched alkanes of at least 4 members (excludes halogenated alkanes) is 1. The molecular formula is C12H26N2O2. The van der Waals surface area contributed by atoms with Gasteiger partial charge in [0.25, 0.3) is 0 Å². The second-order valence-electron chi connectivity index (χ2n) is 3.86. The molecule has 0 aliphatic rings. The SMILES string of the molecule is CCCCC(N)C(=O)N(CC)CCOCC. The third-order valence-electron chi connectivity index (χ3n) is 2.59. The van der Waals surface area contributed by atoms with Crippen LogP contribution in [0.25, 0.3) is 0 Å². The van der Waals surface area contributed by atoms with Gasteiger partial charge in [-0.1, -0.05) is 19.8 Å². The van der Waals surface area contributed by atoms with Crippen LogP contribution in [0.4, 0.5) is 0 Å². The van der Waals surface area contributed by atoms with Crippen LogP contribution in [0.2, 0.25) is 0 Å². The number of carbonyl (C=O) groups is 1. The first kappa shape index (κ1) is 15.4. The minimum Gasteiger partial charge on any atom is -0.380 e. The molecule has 1 atom stereocenters. The summed E-state index contributed by atoms with van der Waals surface area (Å²) in [4.78, 5) is 13.7. The molecule has 96 valence electrons. The number of amides is 1. The van der Waals surface area contributed by atoms with E-state index in [0.717, 1.165) is 19.3 Å². The average Bonchev–Trinajstić information content (AvgIpc) is 2.31. The van der Waals surface area contributed by atoms with Gasteiger partial charge in [0.05, 0.1) is 12.6 Å². The maximum Gasteiger partial charge on any atom is 0.239 e. The highest BCUT2D eigenvalue weighted by Gasteiger charge is 2.18. The lowest BCUT2D eigenvalue weighted by molar-refractivity contribution is -0.133. The van der Waals surface area contributed by atoms with E-state index >= 15 is 0 Å². The van der Waals surface area contributed by atoms with Gasteiger partial charge in [0.1, 0.15) is 0 Å². The number of likely N-dealkylation sites (N-methyl/N-ethyl adjacent to an activating group) is 1. The quantitative estimate of drug-likeness (QED) is 0.609.